The number of nitrogens with zero attached hydrogens (tertiary/aromatic N) is 6. The van der Waals surface area contributed by atoms with Gasteiger partial charge in [-0.05, 0) is 50.1 Å². The minimum absolute atomic E-state index is 0.144. The minimum atomic E-state index is -0.144. The van der Waals surface area contributed by atoms with Gasteiger partial charge in [-0.1, -0.05) is 29.8 Å². The van der Waals surface area contributed by atoms with Gasteiger partial charge in [0.15, 0.2) is 0 Å². The van der Waals surface area contributed by atoms with Crippen LogP contribution in [0.15, 0.2) is 47.7 Å². The smallest absolute Gasteiger partial charge is 0.253 e. The van der Waals surface area contributed by atoms with E-state index in [1.807, 2.05) is 48.3 Å². The molecule has 3 aromatic heterocycles. The Morgan fingerprint density at radius 3 is 2.59 bits per heavy atom. The first-order chi connectivity index (χ1) is 15.5. The highest BCUT2D eigenvalue weighted by Gasteiger charge is 2.30. The summed E-state index contributed by atoms with van der Waals surface area (Å²) in [7, 11) is 0. The third-order valence-corrected chi connectivity index (χ3v) is 7.08. The van der Waals surface area contributed by atoms with E-state index in [1.165, 1.54) is 10.4 Å². The molecule has 0 unspecified atom stereocenters. The van der Waals surface area contributed by atoms with E-state index in [1.54, 1.807) is 17.5 Å². The quantitative estimate of drug-likeness (QED) is 0.478. The van der Waals surface area contributed by atoms with Crippen LogP contribution in [0, 0.1) is 20.8 Å². The lowest BCUT2D eigenvalue weighted by molar-refractivity contribution is 0.275. The van der Waals surface area contributed by atoms with E-state index in [-0.39, 0.29) is 6.61 Å². The zero-order chi connectivity index (χ0) is 22.4. The predicted molar refractivity (Wildman–Crippen MR) is 127 cm³/mol. The van der Waals surface area contributed by atoms with Crippen molar-refractivity contribution in [2.45, 2.75) is 33.9 Å². The fourth-order valence-electron chi connectivity index (χ4n) is 3.85. The molecule has 4 heterocycles. The van der Waals surface area contributed by atoms with Crippen molar-refractivity contribution in [3.63, 3.8) is 0 Å². The highest BCUT2D eigenvalue weighted by molar-refractivity contribution is 7.15. The summed E-state index contributed by atoms with van der Waals surface area (Å²) in [4.78, 5) is 5.53. The van der Waals surface area contributed by atoms with Crippen molar-refractivity contribution in [2.24, 2.45) is 5.10 Å². The second-order valence-corrected chi connectivity index (χ2v) is 9.27. The summed E-state index contributed by atoms with van der Waals surface area (Å²) in [5.41, 5.74) is 5.54. The second kappa shape index (κ2) is 8.12. The molecule has 4 aromatic rings. The number of halogens is 1. The highest BCUT2D eigenvalue weighted by atomic mass is 35.5. The number of aliphatic hydroxyl groups excluding tert-OH is 1. The number of benzene rings is 1. The minimum Gasteiger partial charge on any atom is -0.390 e. The Balaban J connectivity index is 1.76. The summed E-state index contributed by atoms with van der Waals surface area (Å²) in [6.45, 7) is 6.44. The Hall–Kier alpha value is -3.07. The highest BCUT2D eigenvalue weighted by Crippen LogP contribution is 2.38. The van der Waals surface area contributed by atoms with Gasteiger partial charge in [-0.3, -0.25) is 9.55 Å². The Morgan fingerprint density at radius 2 is 1.84 bits per heavy atom. The van der Waals surface area contributed by atoms with Crippen LogP contribution in [0.2, 0.25) is 5.02 Å². The van der Waals surface area contributed by atoms with Crippen molar-refractivity contribution in [1.29, 1.82) is 0 Å². The molecule has 0 amide bonds. The van der Waals surface area contributed by atoms with Gasteiger partial charge in [-0.25, -0.2) is 5.01 Å². The van der Waals surface area contributed by atoms with Crippen molar-refractivity contribution in [3.8, 4) is 5.00 Å². The van der Waals surface area contributed by atoms with Crippen LogP contribution in [0.4, 0.5) is 5.95 Å². The van der Waals surface area contributed by atoms with Crippen molar-refractivity contribution in [3.05, 3.63) is 86.3 Å². The van der Waals surface area contributed by atoms with E-state index in [0.717, 1.165) is 33.2 Å². The van der Waals surface area contributed by atoms with Crippen LogP contribution in [-0.4, -0.2) is 30.6 Å². The van der Waals surface area contributed by atoms with Crippen LogP contribution in [0.1, 0.15) is 38.6 Å². The lowest BCUT2D eigenvalue weighted by Gasteiger charge is -2.19. The summed E-state index contributed by atoms with van der Waals surface area (Å²) in [6, 6.07) is 11.5. The molecule has 0 bridgehead atoms. The fraction of sp³-hybridized carbons (Fsp3) is 0.217. The lowest BCUT2D eigenvalue weighted by atomic mass is 10.00. The van der Waals surface area contributed by atoms with E-state index in [0.29, 0.717) is 23.2 Å². The van der Waals surface area contributed by atoms with Crippen LogP contribution in [-0.2, 0) is 13.2 Å². The number of aromatic nitrogens is 4. The molecule has 162 valence electrons. The van der Waals surface area contributed by atoms with Gasteiger partial charge in [0, 0.05) is 27.2 Å². The summed E-state index contributed by atoms with van der Waals surface area (Å²) in [6.07, 6.45) is 1.68. The number of aliphatic hydroxyl groups is 1. The molecule has 0 spiro atoms. The monoisotopic (exact) mass is 464 g/mol. The SMILES string of the molecule is Cc1sc2c(c1C)C(c1ccc(Cl)cc1)=NN(Cc1cccnc1CO)c1nnc(C)n1-2. The van der Waals surface area contributed by atoms with Gasteiger partial charge in [0.25, 0.3) is 5.95 Å². The largest absolute Gasteiger partial charge is 0.390 e. The summed E-state index contributed by atoms with van der Waals surface area (Å²) >= 11 is 7.87. The number of hydrazone groups is 1. The first kappa shape index (κ1) is 20.8. The molecule has 1 aliphatic heterocycles. The number of rotatable bonds is 4. The number of hydrogen-bond donors (Lipinski definition) is 1. The average Bonchev–Trinajstić information content (AvgIpc) is 3.27. The molecule has 0 aliphatic carbocycles. The molecule has 1 aromatic carbocycles. The van der Waals surface area contributed by atoms with Crippen LogP contribution < -0.4 is 5.01 Å². The first-order valence-electron chi connectivity index (χ1n) is 10.2. The van der Waals surface area contributed by atoms with Gasteiger partial charge in [0.05, 0.1) is 18.8 Å². The third-order valence-electron chi connectivity index (χ3n) is 5.64. The number of aryl methyl sites for hydroxylation is 2. The Bertz CT molecular complexity index is 1340. The predicted octanol–water partition coefficient (Wildman–Crippen LogP) is 4.57. The number of thiophene rings is 1. The molecule has 0 radical (unpaired) electrons. The molecule has 0 saturated heterocycles. The van der Waals surface area contributed by atoms with Crippen molar-refractivity contribution in [2.75, 3.05) is 5.01 Å². The van der Waals surface area contributed by atoms with Crippen molar-refractivity contribution >= 4 is 34.6 Å². The van der Waals surface area contributed by atoms with E-state index in [9.17, 15) is 5.11 Å². The van der Waals surface area contributed by atoms with Crippen LogP contribution in [0.25, 0.3) is 5.00 Å². The summed E-state index contributed by atoms with van der Waals surface area (Å²) < 4.78 is 2.06. The molecular formula is C23H21ClN6OS. The normalized spacial score (nSPS) is 12.9. The number of hydrogen-bond acceptors (Lipinski definition) is 7. The molecule has 0 atom stereocenters. The maximum absolute atomic E-state index is 9.77. The lowest BCUT2D eigenvalue weighted by Crippen LogP contribution is -2.21. The first-order valence-corrected chi connectivity index (χ1v) is 11.4. The van der Waals surface area contributed by atoms with Crippen LogP contribution in [0.5, 0.6) is 0 Å². The molecule has 7 nitrogen and oxygen atoms in total. The third kappa shape index (κ3) is 3.40. The van der Waals surface area contributed by atoms with Gasteiger partial charge in [-0.15, -0.1) is 21.5 Å². The molecular weight excluding hydrogens is 444 g/mol. The topological polar surface area (TPSA) is 79.4 Å². The van der Waals surface area contributed by atoms with Crippen LogP contribution >= 0.6 is 22.9 Å². The summed E-state index contributed by atoms with van der Waals surface area (Å²) in [5, 5.41) is 27.2. The van der Waals surface area contributed by atoms with E-state index >= 15 is 0 Å². The molecule has 9 heteroatoms. The van der Waals surface area contributed by atoms with E-state index in [4.69, 9.17) is 16.7 Å². The molecule has 0 saturated carbocycles. The van der Waals surface area contributed by atoms with E-state index < -0.39 is 0 Å². The fourth-order valence-corrected chi connectivity index (χ4v) is 5.18. The van der Waals surface area contributed by atoms with Gasteiger partial charge in [0.1, 0.15) is 16.5 Å². The van der Waals surface area contributed by atoms with Crippen molar-refractivity contribution in [1.82, 2.24) is 19.7 Å². The average molecular weight is 465 g/mol. The zero-order valence-corrected chi connectivity index (χ0v) is 19.4. The summed E-state index contributed by atoms with van der Waals surface area (Å²) in [5.74, 6) is 1.41. The Labute approximate surface area is 194 Å². The maximum Gasteiger partial charge on any atom is 0.253 e. The Morgan fingerprint density at radius 1 is 1.06 bits per heavy atom. The zero-order valence-electron chi connectivity index (χ0n) is 17.9. The standard InChI is InChI=1S/C23H21ClN6OS/c1-13-14(2)32-22-20(13)21(16-6-8-18(24)9-7-16)28-29(23-27-26-15(3)30(22)23)11-17-5-4-10-25-19(17)12-31/h4-10,31H,11-12H2,1-3H3. The number of fused-ring (bicyclic) bond motifs is 3. The van der Waals surface area contributed by atoms with Crippen LogP contribution in [0.3, 0.4) is 0 Å². The number of anilines is 1. The van der Waals surface area contributed by atoms with Gasteiger partial charge >= 0.3 is 0 Å². The van der Waals surface area contributed by atoms with E-state index in [2.05, 4.69) is 33.6 Å². The number of pyridine rings is 1. The van der Waals surface area contributed by atoms with Crippen molar-refractivity contribution < 1.29 is 5.11 Å². The molecule has 0 fully saturated rings. The Kier molecular flexibility index (Phi) is 5.28. The second-order valence-electron chi connectivity index (χ2n) is 7.63. The molecule has 1 aliphatic rings. The molecule has 32 heavy (non-hydrogen) atoms. The van der Waals surface area contributed by atoms with Gasteiger partial charge in [0.2, 0.25) is 0 Å². The van der Waals surface area contributed by atoms with Gasteiger partial charge < -0.3 is 5.11 Å². The van der Waals surface area contributed by atoms with Gasteiger partial charge in [-0.2, -0.15) is 5.10 Å². The maximum atomic E-state index is 9.77. The molecule has 5 rings (SSSR count). The molecule has 1 N–H and O–H groups in total.